The molecule has 0 aliphatic rings. The summed E-state index contributed by atoms with van der Waals surface area (Å²) in [6.45, 7) is 2.02. The van der Waals surface area contributed by atoms with Crippen molar-refractivity contribution in [2.75, 3.05) is 24.8 Å². The maximum absolute atomic E-state index is 12.7. The van der Waals surface area contributed by atoms with Crippen LogP contribution in [0.4, 0.5) is 5.69 Å². The molecule has 9 heteroatoms. The summed E-state index contributed by atoms with van der Waals surface area (Å²) in [6.07, 6.45) is 1.63. The smallest absolute Gasteiger partial charge is 0.338 e. The number of carbonyl (C=O) groups excluding carboxylic acids is 2. The number of hydrogen-bond acceptors (Lipinski definition) is 6. The van der Waals surface area contributed by atoms with Gasteiger partial charge >= 0.3 is 5.97 Å². The molecule has 3 aromatic rings. The third-order valence-corrected chi connectivity index (χ3v) is 5.79. The predicted molar refractivity (Wildman–Crippen MR) is 117 cm³/mol. The number of benzene rings is 2. The van der Waals surface area contributed by atoms with Crippen molar-refractivity contribution in [2.24, 2.45) is 7.05 Å². The Morgan fingerprint density at radius 1 is 1.10 bits per heavy atom. The Morgan fingerprint density at radius 2 is 1.77 bits per heavy atom. The first-order valence-corrected chi connectivity index (χ1v) is 10.9. The number of rotatable bonds is 8. The van der Waals surface area contributed by atoms with Gasteiger partial charge in [0, 0.05) is 18.3 Å². The molecule has 1 heterocycles. The second kappa shape index (κ2) is 10.0. The zero-order chi connectivity index (χ0) is 22.4. The van der Waals surface area contributed by atoms with Crippen LogP contribution < -0.4 is 10.1 Å². The molecular formula is C22H23N3O5S. The van der Waals surface area contributed by atoms with Crippen LogP contribution in [0.1, 0.15) is 17.3 Å². The van der Waals surface area contributed by atoms with Crippen molar-refractivity contribution in [3.05, 3.63) is 60.3 Å². The van der Waals surface area contributed by atoms with Crippen molar-refractivity contribution in [3.63, 3.8) is 0 Å². The van der Waals surface area contributed by atoms with E-state index in [0.29, 0.717) is 16.4 Å². The van der Waals surface area contributed by atoms with Crippen LogP contribution in [0.15, 0.2) is 59.9 Å². The number of aromatic nitrogens is 2. The monoisotopic (exact) mass is 441 g/mol. The van der Waals surface area contributed by atoms with Gasteiger partial charge in [-0.3, -0.25) is 9.00 Å². The van der Waals surface area contributed by atoms with Crippen molar-refractivity contribution >= 4 is 28.4 Å². The number of esters is 1. The minimum Gasteiger partial charge on any atom is -0.497 e. The van der Waals surface area contributed by atoms with Crippen LogP contribution in [0.2, 0.25) is 0 Å². The van der Waals surface area contributed by atoms with E-state index in [1.807, 2.05) is 24.3 Å². The lowest BCUT2D eigenvalue weighted by Crippen LogP contribution is -2.21. The number of ether oxygens (including phenoxy) is 2. The molecule has 0 saturated heterocycles. The summed E-state index contributed by atoms with van der Waals surface area (Å²) in [5, 5.41) is 2.98. The SMILES string of the molecule is CCOC(=O)c1ccc(NC(=O)C[S@@](=O)c2ncc(-c3ccc(OC)cc3)n2C)cc1. The molecule has 1 N–H and O–H groups in total. The van der Waals surface area contributed by atoms with Crippen molar-refractivity contribution in [1.82, 2.24) is 9.55 Å². The molecule has 0 unspecified atom stereocenters. The van der Waals surface area contributed by atoms with E-state index >= 15 is 0 Å². The number of methoxy groups -OCH3 is 1. The number of nitrogens with zero attached hydrogens (tertiary/aromatic N) is 2. The zero-order valence-electron chi connectivity index (χ0n) is 17.5. The second-order valence-electron chi connectivity index (χ2n) is 6.55. The van der Waals surface area contributed by atoms with Gasteiger partial charge < -0.3 is 19.4 Å². The minimum atomic E-state index is -1.63. The first kappa shape index (κ1) is 22.2. The van der Waals surface area contributed by atoms with Crippen molar-refractivity contribution < 1.29 is 23.3 Å². The summed E-state index contributed by atoms with van der Waals surface area (Å²) in [7, 11) is 1.72. The average Bonchev–Trinajstić information content (AvgIpc) is 3.15. The number of amides is 1. The third-order valence-electron chi connectivity index (χ3n) is 4.48. The van der Waals surface area contributed by atoms with E-state index in [2.05, 4.69) is 10.3 Å². The van der Waals surface area contributed by atoms with Gasteiger partial charge in [-0.15, -0.1) is 0 Å². The van der Waals surface area contributed by atoms with E-state index in [0.717, 1.165) is 17.0 Å². The highest BCUT2D eigenvalue weighted by molar-refractivity contribution is 7.85. The number of nitrogens with one attached hydrogen (secondary N) is 1. The minimum absolute atomic E-state index is 0.244. The van der Waals surface area contributed by atoms with Gasteiger partial charge in [-0.1, -0.05) is 0 Å². The molecule has 0 bridgehead atoms. The molecule has 2 aromatic carbocycles. The van der Waals surface area contributed by atoms with E-state index in [-0.39, 0.29) is 12.4 Å². The van der Waals surface area contributed by atoms with E-state index in [4.69, 9.17) is 9.47 Å². The van der Waals surface area contributed by atoms with Gasteiger partial charge in [0.1, 0.15) is 11.5 Å². The highest BCUT2D eigenvalue weighted by Crippen LogP contribution is 2.23. The van der Waals surface area contributed by atoms with E-state index < -0.39 is 22.7 Å². The summed E-state index contributed by atoms with van der Waals surface area (Å²) < 4.78 is 24.5. The van der Waals surface area contributed by atoms with Gasteiger partial charge in [0.15, 0.2) is 5.16 Å². The zero-order valence-corrected chi connectivity index (χ0v) is 18.3. The Morgan fingerprint density at radius 3 is 2.39 bits per heavy atom. The largest absolute Gasteiger partial charge is 0.497 e. The molecule has 8 nitrogen and oxygen atoms in total. The van der Waals surface area contributed by atoms with Crippen molar-refractivity contribution in [3.8, 4) is 17.0 Å². The quantitative estimate of drug-likeness (QED) is 0.540. The van der Waals surface area contributed by atoms with Crippen LogP contribution in [-0.2, 0) is 27.4 Å². The molecule has 31 heavy (non-hydrogen) atoms. The number of imidazole rings is 1. The summed E-state index contributed by atoms with van der Waals surface area (Å²) in [6, 6.07) is 13.7. The first-order valence-electron chi connectivity index (χ1n) is 9.54. The normalized spacial score (nSPS) is 11.6. The van der Waals surface area contributed by atoms with Crippen molar-refractivity contribution in [2.45, 2.75) is 12.1 Å². The van der Waals surface area contributed by atoms with Gasteiger partial charge in [0.2, 0.25) is 5.91 Å². The van der Waals surface area contributed by atoms with Crippen LogP contribution in [0.5, 0.6) is 5.75 Å². The highest BCUT2D eigenvalue weighted by atomic mass is 32.2. The van der Waals surface area contributed by atoms with Crippen LogP contribution in [0.25, 0.3) is 11.3 Å². The Kier molecular flexibility index (Phi) is 7.19. The fraction of sp³-hybridized carbons (Fsp3) is 0.227. The molecule has 162 valence electrons. The molecule has 0 radical (unpaired) electrons. The van der Waals surface area contributed by atoms with Gasteiger partial charge in [0.05, 0.1) is 42.0 Å². The van der Waals surface area contributed by atoms with Crippen LogP contribution in [0, 0.1) is 0 Å². The number of anilines is 1. The molecule has 0 spiro atoms. The third kappa shape index (κ3) is 5.37. The standard InChI is InChI=1S/C22H23N3O5S/c1-4-30-21(27)16-5-9-17(10-6-16)24-20(26)14-31(28)22-23-13-19(25(22)2)15-7-11-18(29-3)12-8-15/h5-13H,4,14H2,1-3H3,(H,24,26)/t31-/m1/s1. The Bertz CT molecular complexity index is 1090. The highest BCUT2D eigenvalue weighted by Gasteiger charge is 2.18. The summed E-state index contributed by atoms with van der Waals surface area (Å²) >= 11 is 0. The summed E-state index contributed by atoms with van der Waals surface area (Å²) in [5.74, 6) is -0.353. The predicted octanol–water partition coefficient (Wildman–Crippen LogP) is 3.02. The molecule has 1 atom stereocenters. The fourth-order valence-electron chi connectivity index (χ4n) is 2.92. The van der Waals surface area contributed by atoms with E-state index in [1.165, 1.54) is 0 Å². The lowest BCUT2D eigenvalue weighted by atomic mass is 10.1. The van der Waals surface area contributed by atoms with Gasteiger partial charge in [-0.2, -0.15) is 0 Å². The molecule has 0 aliphatic carbocycles. The second-order valence-corrected chi connectivity index (χ2v) is 7.89. The van der Waals surface area contributed by atoms with E-state index in [1.54, 1.807) is 56.1 Å². The molecule has 0 aliphatic heterocycles. The Balaban J connectivity index is 1.64. The molecule has 3 rings (SSSR count). The molecule has 1 amide bonds. The van der Waals surface area contributed by atoms with Crippen molar-refractivity contribution in [1.29, 1.82) is 0 Å². The lowest BCUT2D eigenvalue weighted by molar-refractivity contribution is -0.113. The Hall–Kier alpha value is -3.46. The molecule has 0 fully saturated rings. The number of hydrogen-bond donors (Lipinski definition) is 1. The topological polar surface area (TPSA) is 99.5 Å². The van der Waals surface area contributed by atoms with Crippen LogP contribution in [-0.4, -0.2) is 45.1 Å². The fourth-order valence-corrected chi connectivity index (χ4v) is 3.93. The number of carbonyl (C=O) groups is 2. The Labute approximate surface area is 182 Å². The van der Waals surface area contributed by atoms with Crippen LogP contribution in [0.3, 0.4) is 0 Å². The maximum Gasteiger partial charge on any atom is 0.338 e. The molecule has 0 saturated carbocycles. The molecule has 1 aromatic heterocycles. The van der Waals surface area contributed by atoms with Gasteiger partial charge in [0.25, 0.3) is 0 Å². The summed E-state index contributed by atoms with van der Waals surface area (Å²) in [4.78, 5) is 28.3. The van der Waals surface area contributed by atoms with E-state index in [9.17, 15) is 13.8 Å². The lowest BCUT2D eigenvalue weighted by Gasteiger charge is -2.08. The average molecular weight is 442 g/mol. The maximum atomic E-state index is 12.7. The van der Waals surface area contributed by atoms with Gasteiger partial charge in [-0.05, 0) is 55.5 Å². The molecular weight excluding hydrogens is 418 g/mol. The summed E-state index contributed by atoms with van der Waals surface area (Å²) in [5.41, 5.74) is 2.56. The van der Waals surface area contributed by atoms with Crippen LogP contribution >= 0.6 is 0 Å². The van der Waals surface area contributed by atoms with Gasteiger partial charge in [-0.25, -0.2) is 9.78 Å². The first-order chi connectivity index (χ1) is 14.9.